The average molecular weight is 364 g/mol. The normalized spacial score (nSPS) is 16.9. The lowest BCUT2D eigenvalue weighted by Gasteiger charge is -2.27. The summed E-state index contributed by atoms with van der Waals surface area (Å²) in [5, 5.41) is 6.48. The monoisotopic (exact) mass is 363 g/mol. The predicted molar refractivity (Wildman–Crippen MR) is 111 cm³/mol. The van der Waals surface area contributed by atoms with Crippen molar-refractivity contribution >= 4 is 11.6 Å². The fourth-order valence-corrected chi connectivity index (χ4v) is 3.37. The molecule has 27 heavy (non-hydrogen) atoms. The van der Waals surface area contributed by atoms with Gasteiger partial charge >= 0.3 is 0 Å². The van der Waals surface area contributed by atoms with E-state index >= 15 is 0 Å². The molecule has 4 heteroatoms. The van der Waals surface area contributed by atoms with Crippen molar-refractivity contribution in [2.45, 2.75) is 46.2 Å². The summed E-state index contributed by atoms with van der Waals surface area (Å²) in [6.07, 6.45) is 0.742. The summed E-state index contributed by atoms with van der Waals surface area (Å²) in [6, 6.07) is 16.9. The zero-order chi connectivity index (χ0) is 19.6. The molecule has 0 spiro atoms. The second kappa shape index (κ2) is 8.05. The molecule has 0 saturated carbocycles. The number of carbonyl (C=O) groups is 1. The van der Waals surface area contributed by atoms with E-state index in [-0.39, 0.29) is 11.9 Å². The van der Waals surface area contributed by atoms with Crippen LogP contribution >= 0.6 is 0 Å². The van der Waals surface area contributed by atoms with Crippen molar-refractivity contribution in [2.75, 3.05) is 13.6 Å². The minimum Gasteiger partial charge on any atom is -0.295 e. The highest BCUT2D eigenvalue weighted by molar-refractivity contribution is 6.03. The van der Waals surface area contributed by atoms with E-state index in [0.717, 1.165) is 17.7 Å². The number of rotatable bonds is 5. The van der Waals surface area contributed by atoms with Crippen LogP contribution in [0.5, 0.6) is 0 Å². The Balaban J connectivity index is 1.96. The van der Waals surface area contributed by atoms with Gasteiger partial charge in [-0.25, -0.2) is 5.01 Å². The molecule has 0 fully saturated rings. The van der Waals surface area contributed by atoms with Gasteiger partial charge in [0.2, 0.25) is 0 Å². The van der Waals surface area contributed by atoms with Crippen molar-refractivity contribution < 1.29 is 4.79 Å². The van der Waals surface area contributed by atoms with Gasteiger partial charge in [-0.05, 0) is 51.4 Å². The number of nitrogens with zero attached hydrogens (tertiary/aromatic N) is 3. The molecule has 1 aliphatic heterocycles. The van der Waals surface area contributed by atoms with Crippen LogP contribution in [0.2, 0.25) is 0 Å². The van der Waals surface area contributed by atoms with E-state index in [2.05, 4.69) is 62.9 Å². The van der Waals surface area contributed by atoms with E-state index in [1.54, 1.807) is 5.01 Å². The maximum atomic E-state index is 13.1. The first-order valence-corrected chi connectivity index (χ1v) is 9.59. The molecule has 0 N–H and O–H groups in total. The number of amides is 1. The van der Waals surface area contributed by atoms with Crippen molar-refractivity contribution in [2.24, 2.45) is 5.10 Å². The van der Waals surface area contributed by atoms with Crippen LogP contribution in [0, 0.1) is 13.8 Å². The molecule has 4 nitrogen and oxygen atoms in total. The summed E-state index contributed by atoms with van der Waals surface area (Å²) in [6.45, 7) is 8.76. The lowest BCUT2D eigenvalue weighted by Crippen LogP contribution is -2.39. The number of hydrogen-bond acceptors (Lipinski definition) is 3. The van der Waals surface area contributed by atoms with E-state index < -0.39 is 0 Å². The van der Waals surface area contributed by atoms with Crippen LogP contribution in [0.25, 0.3) is 0 Å². The lowest BCUT2D eigenvalue weighted by atomic mass is 9.94. The van der Waals surface area contributed by atoms with Gasteiger partial charge < -0.3 is 0 Å². The van der Waals surface area contributed by atoms with E-state index in [0.29, 0.717) is 12.6 Å². The standard InChI is InChI=1S/C23H29N3O/c1-16(2)25(5)15-23(27)26-22(20-13-17(3)11-12-18(20)4)14-21(24-26)19-9-7-6-8-10-19/h6-13,16,22H,14-15H2,1-5H3/t22-/m1/s1. The van der Waals surface area contributed by atoms with Gasteiger partial charge in [0.05, 0.1) is 18.3 Å². The maximum Gasteiger partial charge on any atom is 0.257 e. The summed E-state index contributed by atoms with van der Waals surface area (Å²) in [5.41, 5.74) is 5.65. The fourth-order valence-electron chi connectivity index (χ4n) is 3.37. The summed E-state index contributed by atoms with van der Waals surface area (Å²) in [7, 11) is 1.98. The van der Waals surface area contributed by atoms with Crippen molar-refractivity contribution in [3.8, 4) is 0 Å². The predicted octanol–water partition coefficient (Wildman–Crippen LogP) is 4.32. The van der Waals surface area contributed by atoms with Crippen LogP contribution in [0.1, 0.15) is 48.6 Å². The van der Waals surface area contributed by atoms with Crippen LogP contribution in [-0.4, -0.2) is 41.2 Å². The van der Waals surface area contributed by atoms with Gasteiger partial charge in [0, 0.05) is 12.5 Å². The number of benzene rings is 2. The zero-order valence-electron chi connectivity index (χ0n) is 16.9. The third-order valence-corrected chi connectivity index (χ3v) is 5.33. The molecule has 1 heterocycles. The van der Waals surface area contributed by atoms with E-state index in [9.17, 15) is 4.79 Å². The molecule has 0 unspecified atom stereocenters. The van der Waals surface area contributed by atoms with Crippen LogP contribution in [0.3, 0.4) is 0 Å². The first-order chi connectivity index (χ1) is 12.9. The largest absolute Gasteiger partial charge is 0.295 e. The number of likely N-dealkylation sites (N-methyl/N-ethyl adjacent to an activating group) is 1. The van der Waals surface area contributed by atoms with E-state index in [1.807, 2.05) is 25.2 Å². The van der Waals surface area contributed by atoms with Crippen LogP contribution in [0.4, 0.5) is 0 Å². The second-order valence-corrected chi connectivity index (χ2v) is 7.74. The third kappa shape index (κ3) is 4.28. The highest BCUT2D eigenvalue weighted by Crippen LogP contribution is 2.35. The Labute approximate surface area is 162 Å². The summed E-state index contributed by atoms with van der Waals surface area (Å²) in [5.74, 6) is 0.0445. The molecule has 0 aliphatic carbocycles. The summed E-state index contributed by atoms with van der Waals surface area (Å²) >= 11 is 0. The second-order valence-electron chi connectivity index (χ2n) is 7.74. The molecule has 0 aromatic heterocycles. The fraction of sp³-hybridized carbons (Fsp3) is 0.391. The van der Waals surface area contributed by atoms with E-state index in [1.165, 1.54) is 16.7 Å². The van der Waals surface area contributed by atoms with Gasteiger partial charge in [-0.1, -0.05) is 54.1 Å². The Morgan fingerprint density at radius 1 is 1.19 bits per heavy atom. The maximum absolute atomic E-state index is 13.1. The molecule has 142 valence electrons. The van der Waals surface area contributed by atoms with Gasteiger partial charge in [0.15, 0.2) is 0 Å². The molecule has 3 rings (SSSR count). The average Bonchev–Trinajstić information content (AvgIpc) is 3.09. The SMILES string of the molecule is Cc1ccc(C)c([C@H]2CC(c3ccccc3)=NN2C(=O)CN(C)C(C)C)c1. The van der Waals surface area contributed by atoms with Gasteiger partial charge in [-0.15, -0.1) is 0 Å². The Bertz CT molecular complexity index is 842. The summed E-state index contributed by atoms with van der Waals surface area (Å²) in [4.78, 5) is 15.1. The molecule has 2 aromatic carbocycles. The first-order valence-electron chi connectivity index (χ1n) is 9.59. The quantitative estimate of drug-likeness (QED) is 0.793. The first kappa shape index (κ1) is 19.3. The Morgan fingerprint density at radius 2 is 1.89 bits per heavy atom. The minimum atomic E-state index is -0.0480. The molecule has 1 atom stereocenters. The number of carbonyl (C=O) groups excluding carboxylic acids is 1. The van der Waals surface area contributed by atoms with Crippen molar-refractivity contribution in [1.82, 2.24) is 9.91 Å². The van der Waals surface area contributed by atoms with E-state index in [4.69, 9.17) is 5.10 Å². The van der Waals surface area contributed by atoms with Gasteiger partial charge in [-0.3, -0.25) is 9.69 Å². The number of hydrazone groups is 1. The molecule has 2 aromatic rings. The molecular formula is C23H29N3O. The van der Waals surface area contributed by atoms with Crippen LogP contribution in [-0.2, 0) is 4.79 Å². The minimum absolute atomic E-state index is 0.0445. The lowest BCUT2D eigenvalue weighted by molar-refractivity contribution is -0.134. The van der Waals surface area contributed by atoms with Gasteiger partial charge in [-0.2, -0.15) is 5.10 Å². The van der Waals surface area contributed by atoms with Crippen molar-refractivity contribution in [3.05, 3.63) is 70.8 Å². The molecule has 0 saturated heterocycles. The highest BCUT2D eigenvalue weighted by Gasteiger charge is 2.34. The number of aryl methyl sites for hydroxylation is 2. The Hall–Kier alpha value is -2.46. The zero-order valence-corrected chi connectivity index (χ0v) is 16.9. The summed E-state index contributed by atoms with van der Waals surface area (Å²) < 4.78 is 0. The molecule has 0 radical (unpaired) electrons. The number of hydrogen-bond donors (Lipinski definition) is 0. The highest BCUT2D eigenvalue weighted by atomic mass is 16.2. The molecule has 1 aliphatic rings. The van der Waals surface area contributed by atoms with Crippen molar-refractivity contribution in [1.29, 1.82) is 0 Å². The van der Waals surface area contributed by atoms with Gasteiger partial charge in [0.25, 0.3) is 5.91 Å². The third-order valence-electron chi connectivity index (χ3n) is 5.33. The molecule has 1 amide bonds. The topological polar surface area (TPSA) is 35.9 Å². The van der Waals surface area contributed by atoms with Crippen LogP contribution in [0.15, 0.2) is 53.6 Å². The Morgan fingerprint density at radius 3 is 2.56 bits per heavy atom. The molecule has 0 bridgehead atoms. The smallest absolute Gasteiger partial charge is 0.257 e. The van der Waals surface area contributed by atoms with Gasteiger partial charge in [0.1, 0.15) is 0 Å². The Kier molecular flexibility index (Phi) is 5.76. The van der Waals surface area contributed by atoms with Crippen molar-refractivity contribution in [3.63, 3.8) is 0 Å². The van der Waals surface area contributed by atoms with Crippen LogP contribution < -0.4 is 0 Å². The molecular weight excluding hydrogens is 334 g/mol.